The molecule has 0 bridgehead atoms. The van der Waals surface area contributed by atoms with Crippen molar-refractivity contribution in [1.29, 1.82) is 5.26 Å². The predicted octanol–water partition coefficient (Wildman–Crippen LogP) is 2.80. The van der Waals surface area contributed by atoms with Crippen molar-refractivity contribution in [3.63, 3.8) is 0 Å². The van der Waals surface area contributed by atoms with E-state index in [1.165, 1.54) is 11.5 Å². The van der Waals surface area contributed by atoms with Gasteiger partial charge >= 0.3 is 0 Å². The smallest absolute Gasteiger partial charge is 0.266 e. The van der Waals surface area contributed by atoms with Crippen molar-refractivity contribution < 1.29 is 4.79 Å². The molecule has 0 amide bonds. The zero-order chi connectivity index (χ0) is 19.4. The first-order valence-electron chi connectivity index (χ1n) is 8.12. The van der Waals surface area contributed by atoms with Gasteiger partial charge in [0.1, 0.15) is 11.6 Å². The molecule has 0 saturated carbocycles. The second kappa shape index (κ2) is 7.89. The average molecular weight is 376 g/mol. The molecule has 27 heavy (non-hydrogen) atoms. The normalized spacial score (nSPS) is 11.7. The SMILES string of the molecule is C/C(N)=C(/C#N)C(=O)CSc1nc2ccccc2c(=O)n1-c1ccccc1. The molecule has 0 saturated heterocycles. The van der Waals surface area contributed by atoms with Crippen LogP contribution in [-0.2, 0) is 4.79 Å². The number of rotatable bonds is 5. The predicted molar refractivity (Wildman–Crippen MR) is 106 cm³/mol. The third-order valence-electron chi connectivity index (χ3n) is 3.88. The molecule has 134 valence electrons. The Hall–Kier alpha value is -3.37. The molecular weight excluding hydrogens is 360 g/mol. The molecule has 7 heteroatoms. The Morgan fingerprint density at radius 1 is 1.19 bits per heavy atom. The van der Waals surface area contributed by atoms with E-state index in [1.54, 1.807) is 36.4 Å². The lowest BCUT2D eigenvalue weighted by atomic mass is 10.2. The Kier molecular flexibility index (Phi) is 5.38. The molecule has 2 N–H and O–H groups in total. The molecule has 6 nitrogen and oxygen atoms in total. The van der Waals surface area contributed by atoms with E-state index in [2.05, 4.69) is 4.98 Å². The highest BCUT2D eigenvalue weighted by Crippen LogP contribution is 2.22. The topological polar surface area (TPSA) is 102 Å². The number of allylic oxidation sites excluding steroid dienone is 2. The van der Waals surface area contributed by atoms with Crippen molar-refractivity contribution in [2.45, 2.75) is 12.1 Å². The Morgan fingerprint density at radius 2 is 1.85 bits per heavy atom. The van der Waals surface area contributed by atoms with Gasteiger partial charge < -0.3 is 5.73 Å². The van der Waals surface area contributed by atoms with Crippen LogP contribution >= 0.6 is 11.8 Å². The van der Waals surface area contributed by atoms with Crippen LogP contribution in [0, 0.1) is 11.3 Å². The zero-order valence-electron chi connectivity index (χ0n) is 14.5. The number of aromatic nitrogens is 2. The van der Waals surface area contributed by atoms with Gasteiger partial charge in [0.2, 0.25) is 0 Å². The number of fused-ring (bicyclic) bond motifs is 1. The van der Waals surface area contributed by atoms with Crippen molar-refractivity contribution >= 4 is 28.4 Å². The fourth-order valence-corrected chi connectivity index (χ4v) is 3.47. The number of carbonyl (C=O) groups excluding carboxylic acids is 1. The molecule has 0 aliphatic rings. The summed E-state index contributed by atoms with van der Waals surface area (Å²) in [5.74, 6) is -0.445. The lowest BCUT2D eigenvalue weighted by Crippen LogP contribution is -2.22. The van der Waals surface area contributed by atoms with Gasteiger partial charge in [0.25, 0.3) is 5.56 Å². The van der Waals surface area contributed by atoms with E-state index in [4.69, 9.17) is 11.0 Å². The lowest BCUT2D eigenvalue weighted by molar-refractivity contribution is -0.112. The minimum absolute atomic E-state index is 0.0466. The number of benzene rings is 2. The molecule has 1 heterocycles. The highest BCUT2D eigenvalue weighted by molar-refractivity contribution is 7.99. The number of Topliss-reactive ketones (excluding diaryl/α,β-unsaturated/α-hetero) is 1. The third kappa shape index (κ3) is 3.76. The number of nitrogens with two attached hydrogens (primary N) is 1. The second-order valence-corrected chi connectivity index (χ2v) is 6.71. The van der Waals surface area contributed by atoms with E-state index in [-0.39, 0.29) is 22.6 Å². The van der Waals surface area contributed by atoms with Crippen LogP contribution in [0.3, 0.4) is 0 Å². The van der Waals surface area contributed by atoms with Crippen LogP contribution in [-0.4, -0.2) is 21.1 Å². The van der Waals surface area contributed by atoms with Gasteiger partial charge in [-0.15, -0.1) is 0 Å². The zero-order valence-corrected chi connectivity index (χ0v) is 15.4. The lowest BCUT2D eigenvalue weighted by Gasteiger charge is -2.13. The number of nitrogens with zero attached hydrogens (tertiary/aromatic N) is 3. The summed E-state index contributed by atoms with van der Waals surface area (Å²) in [5, 5.41) is 9.97. The molecule has 1 aromatic heterocycles. The molecule has 0 aliphatic carbocycles. The highest BCUT2D eigenvalue weighted by atomic mass is 32.2. The van der Waals surface area contributed by atoms with Gasteiger partial charge in [-0.1, -0.05) is 42.1 Å². The van der Waals surface area contributed by atoms with Crippen molar-refractivity contribution in [2.24, 2.45) is 5.73 Å². The van der Waals surface area contributed by atoms with E-state index >= 15 is 0 Å². The van der Waals surface area contributed by atoms with Crippen molar-refractivity contribution in [3.8, 4) is 11.8 Å². The number of para-hydroxylation sites is 2. The summed E-state index contributed by atoms with van der Waals surface area (Å²) in [6.45, 7) is 1.51. The third-order valence-corrected chi connectivity index (χ3v) is 4.82. The van der Waals surface area contributed by atoms with E-state index in [9.17, 15) is 9.59 Å². The number of thioether (sulfide) groups is 1. The largest absolute Gasteiger partial charge is 0.401 e. The average Bonchev–Trinajstić information content (AvgIpc) is 2.67. The van der Waals surface area contributed by atoms with Crippen molar-refractivity contribution in [3.05, 3.63) is 76.2 Å². The van der Waals surface area contributed by atoms with Crippen LogP contribution in [0.25, 0.3) is 16.6 Å². The van der Waals surface area contributed by atoms with Crippen LogP contribution in [0.15, 0.2) is 75.8 Å². The van der Waals surface area contributed by atoms with E-state index in [0.717, 1.165) is 11.8 Å². The van der Waals surface area contributed by atoms with Crippen molar-refractivity contribution in [2.75, 3.05) is 5.75 Å². The molecule has 0 unspecified atom stereocenters. The van der Waals surface area contributed by atoms with Crippen LogP contribution in [0.1, 0.15) is 6.92 Å². The molecule has 2 aromatic carbocycles. The Balaban J connectivity index is 2.09. The van der Waals surface area contributed by atoms with Gasteiger partial charge in [0.15, 0.2) is 10.9 Å². The monoisotopic (exact) mass is 376 g/mol. The molecule has 0 radical (unpaired) electrons. The van der Waals surface area contributed by atoms with E-state index in [1.807, 2.05) is 24.3 Å². The van der Waals surface area contributed by atoms with Gasteiger partial charge in [-0.2, -0.15) is 5.26 Å². The maximum absolute atomic E-state index is 13.0. The number of carbonyl (C=O) groups is 1. The Bertz CT molecular complexity index is 1140. The summed E-state index contributed by atoms with van der Waals surface area (Å²) >= 11 is 1.10. The molecular formula is C20H16N4O2S. The quantitative estimate of drug-likeness (QED) is 0.318. The van der Waals surface area contributed by atoms with Crippen LogP contribution < -0.4 is 11.3 Å². The van der Waals surface area contributed by atoms with E-state index < -0.39 is 5.78 Å². The van der Waals surface area contributed by atoms with E-state index in [0.29, 0.717) is 21.7 Å². The van der Waals surface area contributed by atoms with Gasteiger partial charge in [-0.05, 0) is 31.2 Å². The fourth-order valence-electron chi connectivity index (χ4n) is 2.59. The molecule has 0 aliphatic heterocycles. The number of hydrogen-bond donors (Lipinski definition) is 1. The molecule has 0 atom stereocenters. The first-order chi connectivity index (χ1) is 13.0. The van der Waals surface area contributed by atoms with Gasteiger partial charge in [-0.25, -0.2) is 4.98 Å². The second-order valence-electron chi connectivity index (χ2n) is 5.77. The van der Waals surface area contributed by atoms with Gasteiger partial charge in [0, 0.05) is 5.70 Å². The highest BCUT2D eigenvalue weighted by Gasteiger charge is 2.17. The molecule has 3 rings (SSSR count). The summed E-state index contributed by atoms with van der Waals surface area (Å²) in [7, 11) is 0. The fraction of sp³-hybridized carbons (Fsp3) is 0.100. The first-order valence-corrected chi connectivity index (χ1v) is 9.11. The summed E-state index contributed by atoms with van der Waals surface area (Å²) in [5.41, 5.74) is 6.69. The number of nitriles is 1. The minimum atomic E-state index is -0.399. The van der Waals surface area contributed by atoms with Gasteiger partial charge in [0.05, 0.1) is 22.3 Å². The molecule has 0 fully saturated rings. The summed E-state index contributed by atoms with van der Waals surface area (Å²) in [6, 6.07) is 18.0. The Labute approximate surface area is 159 Å². The van der Waals surface area contributed by atoms with Crippen LogP contribution in [0.5, 0.6) is 0 Å². The maximum Gasteiger partial charge on any atom is 0.266 e. The maximum atomic E-state index is 13.0. The van der Waals surface area contributed by atoms with Crippen LogP contribution in [0.2, 0.25) is 0 Å². The van der Waals surface area contributed by atoms with Crippen molar-refractivity contribution in [1.82, 2.24) is 9.55 Å². The summed E-state index contributed by atoms with van der Waals surface area (Å²) in [4.78, 5) is 29.9. The Morgan fingerprint density at radius 3 is 2.52 bits per heavy atom. The first kappa shape index (κ1) is 18.4. The number of hydrogen-bond acceptors (Lipinski definition) is 6. The van der Waals surface area contributed by atoms with Crippen LogP contribution in [0.4, 0.5) is 0 Å². The summed E-state index contributed by atoms with van der Waals surface area (Å²) < 4.78 is 1.48. The molecule has 3 aromatic rings. The minimum Gasteiger partial charge on any atom is -0.401 e. The number of ketones is 1. The standard InChI is InChI=1S/C20H16N4O2S/c1-13(22)16(11-21)18(25)12-27-20-23-17-10-6-5-9-15(17)19(26)24(20)14-7-3-2-4-8-14/h2-10H,12,22H2,1H3/b16-13+. The summed E-state index contributed by atoms with van der Waals surface area (Å²) in [6.07, 6.45) is 0. The molecule has 0 spiro atoms. The van der Waals surface area contributed by atoms with Gasteiger partial charge in [-0.3, -0.25) is 14.2 Å².